The Morgan fingerprint density at radius 3 is 2.44 bits per heavy atom. The average molecular weight is 551 g/mol. The van der Waals surface area contributed by atoms with Crippen LogP contribution in [0.25, 0.3) is 0 Å². The largest absolute Gasteiger partial charge is 0.394 e. The molecule has 12 atom stereocenters. The summed E-state index contributed by atoms with van der Waals surface area (Å²) in [6.45, 7) is 10.9. The van der Waals surface area contributed by atoms with Gasteiger partial charge in [-0.15, -0.1) is 0 Å². The molecule has 39 heavy (non-hydrogen) atoms. The van der Waals surface area contributed by atoms with Gasteiger partial charge in [-0.25, -0.2) is 0 Å². The third-order valence-corrected chi connectivity index (χ3v) is 12.1. The fourth-order valence-electron chi connectivity index (χ4n) is 9.68. The van der Waals surface area contributed by atoms with Crippen LogP contribution in [0, 0.1) is 34.5 Å². The summed E-state index contributed by atoms with van der Waals surface area (Å²) in [7, 11) is 0. The Hall–Kier alpha value is -0.540. The molecule has 0 aromatic carbocycles. The molecule has 4 fully saturated rings. The average Bonchev–Trinajstić information content (AvgIpc) is 3.24. The van der Waals surface area contributed by atoms with Crippen LogP contribution in [0.4, 0.5) is 0 Å². The second kappa shape index (κ2) is 10.9. The third-order valence-electron chi connectivity index (χ3n) is 12.1. The molecule has 1 heterocycles. The van der Waals surface area contributed by atoms with Gasteiger partial charge in [-0.05, 0) is 119 Å². The Bertz CT molecular complexity index is 911. The predicted molar refractivity (Wildman–Crippen MR) is 149 cm³/mol. The number of hydrogen-bond donors (Lipinski definition) is 5. The normalized spacial score (nSPS) is 47.4. The molecular weight excluding hydrogens is 496 g/mol. The number of aliphatic hydroxyl groups excluding tert-OH is 4. The highest BCUT2D eigenvalue weighted by atomic mass is 16.7. The van der Waals surface area contributed by atoms with Gasteiger partial charge in [0, 0.05) is 0 Å². The molecule has 5 N–H and O–H groups in total. The maximum Gasteiger partial charge on any atom is 0.186 e. The minimum atomic E-state index is -1.40. The molecule has 0 amide bonds. The fourth-order valence-corrected chi connectivity index (χ4v) is 9.68. The van der Waals surface area contributed by atoms with Crippen molar-refractivity contribution in [1.29, 1.82) is 0 Å². The zero-order chi connectivity index (χ0) is 28.3. The van der Waals surface area contributed by atoms with E-state index < -0.39 is 42.9 Å². The summed E-state index contributed by atoms with van der Waals surface area (Å²) < 4.78 is 11.9. The van der Waals surface area contributed by atoms with Crippen LogP contribution in [-0.4, -0.2) is 74.6 Å². The van der Waals surface area contributed by atoms with E-state index >= 15 is 0 Å². The lowest BCUT2D eigenvalue weighted by atomic mass is 9.48. The molecule has 224 valence electrons. The van der Waals surface area contributed by atoms with Crippen molar-refractivity contribution in [3.8, 4) is 0 Å². The highest BCUT2D eigenvalue weighted by Gasteiger charge is 2.56. The molecule has 0 spiro atoms. The zero-order valence-corrected chi connectivity index (χ0v) is 24.8. The summed E-state index contributed by atoms with van der Waals surface area (Å²) in [5, 5.41) is 50.6. The molecule has 0 unspecified atom stereocenters. The Morgan fingerprint density at radius 1 is 1.00 bits per heavy atom. The molecule has 3 saturated carbocycles. The van der Waals surface area contributed by atoms with Gasteiger partial charge in [-0.1, -0.05) is 31.9 Å². The van der Waals surface area contributed by atoms with Crippen molar-refractivity contribution >= 4 is 0 Å². The fraction of sp³-hybridized carbons (Fsp3) is 0.938. The van der Waals surface area contributed by atoms with E-state index in [0.717, 1.165) is 38.5 Å². The van der Waals surface area contributed by atoms with Crippen molar-refractivity contribution < 1.29 is 35.0 Å². The summed E-state index contributed by atoms with van der Waals surface area (Å²) in [5.74, 6) is 2.51. The lowest BCUT2D eigenvalue weighted by Gasteiger charge is -2.57. The van der Waals surface area contributed by atoms with E-state index in [1.807, 2.05) is 13.8 Å². The van der Waals surface area contributed by atoms with E-state index in [4.69, 9.17) is 9.47 Å². The Kier molecular flexibility index (Phi) is 8.40. The summed E-state index contributed by atoms with van der Waals surface area (Å²) in [6, 6.07) is 0. The molecule has 4 aliphatic carbocycles. The number of rotatable bonds is 7. The van der Waals surface area contributed by atoms with Crippen LogP contribution in [-0.2, 0) is 9.47 Å². The summed E-state index contributed by atoms with van der Waals surface area (Å²) in [4.78, 5) is 0. The van der Waals surface area contributed by atoms with Crippen molar-refractivity contribution in [3.05, 3.63) is 11.1 Å². The lowest BCUT2D eigenvalue weighted by Crippen LogP contribution is -2.60. The molecule has 5 rings (SSSR count). The summed E-state index contributed by atoms with van der Waals surface area (Å²) in [5.41, 5.74) is 3.51. The van der Waals surface area contributed by atoms with Crippen molar-refractivity contribution in [2.75, 3.05) is 6.61 Å². The van der Waals surface area contributed by atoms with Gasteiger partial charge in [0.05, 0.1) is 18.3 Å². The first-order valence-electron chi connectivity index (χ1n) is 15.7. The van der Waals surface area contributed by atoms with Gasteiger partial charge >= 0.3 is 0 Å². The highest BCUT2D eigenvalue weighted by Crippen LogP contribution is 2.66. The minimum Gasteiger partial charge on any atom is -0.394 e. The highest BCUT2D eigenvalue weighted by molar-refractivity contribution is 5.34. The Labute approximate surface area is 235 Å². The molecule has 7 heteroatoms. The quantitative estimate of drug-likeness (QED) is 0.239. The van der Waals surface area contributed by atoms with Crippen LogP contribution in [0.2, 0.25) is 0 Å². The smallest absolute Gasteiger partial charge is 0.186 e. The van der Waals surface area contributed by atoms with Crippen molar-refractivity contribution in [3.63, 3.8) is 0 Å². The molecule has 7 nitrogen and oxygen atoms in total. The summed E-state index contributed by atoms with van der Waals surface area (Å²) in [6.07, 6.45) is 6.06. The van der Waals surface area contributed by atoms with Gasteiger partial charge < -0.3 is 35.0 Å². The lowest BCUT2D eigenvalue weighted by molar-refractivity contribution is -0.315. The third kappa shape index (κ3) is 5.39. The van der Waals surface area contributed by atoms with Crippen LogP contribution in [0.3, 0.4) is 0 Å². The number of fused-ring (bicyclic) bond motifs is 4. The van der Waals surface area contributed by atoms with E-state index in [-0.39, 0.29) is 11.5 Å². The predicted octanol–water partition coefficient (Wildman–Crippen LogP) is 4.08. The molecule has 1 aliphatic heterocycles. The Balaban J connectivity index is 1.26. The number of allylic oxidation sites excluding steroid dienone is 2. The molecule has 0 aromatic heterocycles. The van der Waals surface area contributed by atoms with Crippen LogP contribution in [0.5, 0.6) is 0 Å². The number of ether oxygens (including phenoxy) is 2. The van der Waals surface area contributed by atoms with Crippen LogP contribution in [0.1, 0.15) is 105 Å². The molecule has 1 saturated heterocycles. The van der Waals surface area contributed by atoms with Crippen LogP contribution >= 0.6 is 0 Å². The maximum absolute atomic E-state index is 10.5. The van der Waals surface area contributed by atoms with E-state index in [9.17, 15) is 25.5 Å². The maximum atomic E-state index is 10.5. The van der Waals surface area contributed by atoms with Gasteiger partial charge in [-0.2, -0.15) is 0 Å². The van der Waals surface area contributed by atoms with Gasteiger partial charge in [0.25, 0.3) is 0 Å². The minimum absolute atomic E-state index is 0.0694. The van der Waals surface area contributed by atoms with Crippen LogP contribution < -0.4 is 0 Å². The van der Waals surface area contributed by atoms with E-state index in [1.165, 1.54) is 32.1 Å². The van der Waals surface area contributed by atoms with Gasteiger partial charge in [0.15, 0.2) is 6.29 Å². The molecule has 5 aliphatic rings. The van der Waals surface area contributed by atoms with E-state index in [1.54, 1.807) is 11.1 Å². The second-order valence-corrected chi connectivity index (χ2v) is 15.0. The molecule has 0 aromatic rings. The monoisotopic (exact) mass is 550 g/mol. The van der Waals surface area contributed by atoms with Crippen molar-refractivity contribution in [2.24, 2.45) is 34.5 Å². The first-order chi connectivity index (χ1) is 18.3. The topological polar surface area (TPSA) is 120 Å². The number of hydrogen-bond acceptors (Lipinski definition) is 7. The van der Waals surface area contributed by atoms with Gasteiger partial charge in [-0.3, -0.25) is 0 Å². The van der Waals surface area contributed by atoms with Gasteiger partial charge in [0.2, 0.25) is 0 Å². The second-order valence-electron chi connectivity index (χ2n) is 15.0. The molecule has 0 bridgehead atoms. The number of aliphatic hydroxyl groups is 5. The first kappa shape index (κ1) is 29.9. The Morgan fingerprint density at radius 2 is 1.74 bits per heavy atom. The van der Waals surface area contributed by atoms with Crippen molar-refractivity contribution in [2.45, 2.75) is 148 Å². The molecular formula is C32H54O7. The van der Waals surface area contributed by atoms with Crippen LogP contribution in [0.15, 0.2) is 11.1 Å². The van der Waals surface area contributed by atoms with Crippen molar-refractivity contribution in [1.82, 2.24) is 0 Å². The SMILES string of the molecule is C[C@H](CCC(C)(C)O)[C@H]1CCC2=C3CC[C@@H]4C[C@H](O[C@@H]5O[C@H](CO)[C@@H](O)[C@H](O)[C@H]5O)CC[C@]4(C)[C@H]3CC[C@@]21C. The zero-order valence-electron chi connectivity index (χ0n) is 24.8. The summed E-state index contributed by atoms with van der Waals surface area (Å²) >= 11 is 0. The standard InChI is InChI=1S/C32H54O7/c1-18(10-13-30(2,3)37)22-8-9-23-21-7-6-19-16-20(11-14-31(19,4)24(21)12-15-32(22,23)5)38-29-28(36)27(35)26(34)25(17-33)39-29/h18-20,22,24-29,33-37H,6-17H2,1-5H3/t18-,19-,20-,22-,24+,25-,26-,27+,28-,29-,31+,32-/m1/s1. The van der Waals surface area contributed by atoms with E-state index in [0.29, 0.717) is 29.1 Å². The first-order valence-corrected chi connectivity index (χ1v) is 15.7. The van der Waals surface area contributed by atoms with E-state index in [2.05, 4.69) is 20.8 Å². The van der Waals surface area contributed by atoms with Gasteiger partial charge in [0.1, 0.15) is 24.4 Å². The molecule has 0 radical (unpaired) electrons.